The fraction of sp³-hybridized carbons (Fsp3) is 0.333. The number of alkyl halides is 1. The van der Waals surface area contributed by atoms with Gasteiger partial charge in [-0.2, -0.15) is 0 Å². The van der Waals surface area contributed by atoms with E-state index in [9.17, 15) is 14.0 Å². The maximum Gasteiger partial charge on any atom is 0.266 e. The van der Waals surface area contributed by atoms with Crippen molar-refractivity contribution in [1.29, 1.82) is 0 Å². The summed E-state index contributed by atoms with van der Waals surface area (Å²) >= 11 is 0. The van der Waals surface area contributed by atoms with E-state index >= 15 is 0 Å². The Bertz CT molecular complexity index is 376. The standard InChI is InChI=1S/C12H14FNO2/c1-8(2)11(15)10(13)12(16)14-9-6-4-3-5-7-9/h3-8,10H,1-2H3,(H,14,16). The Labute approximate surface area is 93.7 Å². The summed E-state index contributed by atoms with van der Waals surface area (Å²) in [7, 11) is 0. The Morgan fingerprint density at radius 1 is 1.19 bits per heavy atom. The van der Waals surface area contributed by atoms with Gasteiger partial charge in [-0.05, 0) is 12.1 Å². The molecule has 0 heterocycles. The van der Waals surface area contributed by atoms with Crippen LogP contribution in [0.4, 0.5) is 10.1 Å². The van der Waals surface area contributed by atoms with Crippen molar-refractivity contribution in [3.63, 3.8) is 0 Å². The number of hydrogen-bond donors (Lipinski definition) is 1. The number of para-hydroxylation sites is 1. The number of Topliss-reactive ketones (excluding diaryl/α,β-unsaturated/α-hetero) is 1. The highest BCUT2D eigenvalue weighted by atomic mass is 19.1. The minimum atomic E-state index is -2.10. The number of nitrogens with one attached hydrogen (secondary N) is 1. The third-order valence-electron chi connectivity index (χ3n) is 2.09. The predicted molar refractivity (Wildman–Crippen MR) is 59.8 cm³/mol. The van der Waals surface area contributed by atoms with Crippen molar-refractivity contribution in [3.05, 3.63) is 30.3 Å². The minimum absolute atomic E-state index is 0.478. The largest absolute Gasteiger partial charge is 0.323 e. The lowest BCUT2D eigenvalue weighted by molar-refractivity contribution is -0.134. The van der Waals surface area contributed by atoms with E-state index in [1.165, 1.54) is 0 Å². The molecule has 0 radical (unpaired) electrons. The molecule has 0 fully saturated rings. The van der Waals surface area contributed by atoms with Gasteiger partial charge >= 0.3 is 0 Å². The van der Waals surface area contributed by atoms with E-state index in [1.807, 2.05) is 0 Å². The molecule has 16 heavy (non-hydrogen) atoms. The molecule has 4 heteroatoms. The second kappa shape index (κ2) is 5.39. The highest BCUT2D eigenvalue weighted by Crippen LogP contribution is 2.09. The predicted octanol–water partition coefficient (Wildman–Crippen LogP) is 2.19. The summed E-state index contributed by atoms with van der Waals surface area (Å²) in [6.07, 6.45) is -2.10. The number of carbonyl (C=O) groups is 2. The number of carbonyl (C=O) groups excluding carboxylic acids is 2. The summed E-state index contributed by atoms with van der Waals surface area (Å²) in [5.74, 6) is -2.10. The Morgan fingerprint density at radius 3 is 2.25 bits per heavy atom. The fourth-order valence-electron chi connectivity index (χ4n) is 1.15. The molecule has 86 valence electrons. The lowest BCUT2D eigenvalue weighted by atomic mass is 10.0. The number of halogens is 1. The third kappa shape index (κ3) is 3.15. The van der Waals surface area contributed by atoms with Crippen molar-refractivity contribution in [2.24, 2.45) is 5.92 Å². The van der Waals surface area contributed by atoms with E-state index in [2.05, 4.69) is 5.32 Å². The molecule has 1 unspecified atom stereocenters. The van der Waals surface area contributed by atoms with Crippen molar-refractivity contribution in [1.82, 2.24) is 0 Å². The molecule has 1 rings (SSSR count). The van der Waals surface area contributed by atoms with Gasteiger partial charge in [-0.25, -0.2) is 4.39 Å². The molecule has 0 aliphatic carbocycles. The van der Waals surface area contributed by atoms with Gasteiger partial charge in [-0.15, -0.1) is 0 Å². The van der Waals surface area contributed by atoms with E-state index < -0.39 is 23.8 Å². The molecular formula is C12H14FNO2. The van der Waals surface area contributed by atoms with Crippen LogP contribution in [-0.2, 0) is 9.59 Å². The van der Waals surface area contributed by atoms with E-state index in [0.29, 0.717) is 5.69 Å². The molecule has 0 aromatic heterocycles. The number of hydrogen-bond acceptors (Lipinski definition) is 2. The lowest BCUT2D eigenvalue weighted by Crippen LogP contribution is -2.33. The Kier molecular flexibility index (Phi) is 4.17. The van der Waals surface area contributed by atoms with E-state index in [-0.39, 0.29) is 0 Å². The van der Waals surface area contributed by atoms with Gasteiger partial charge in [0.15, 0.2) is 5.78 Å². The molecule has 0 aliphatic rings. The first-order chi connectivity index (χ1) is 7.52. The highest BCUT2D eigenvalue weighted by molar-refractivity contribution is 6.10. The number of ketones is 1. The summed E-state index contributed by atoms with van der Waals surface area (Å²) in [5.41, 5.74) is 0.478. The van der Waals surface area contributed by atoms with Gasteiger partial charge in [-0.3, -0.25) is 9.59 Å². The molecule has 1 amide bonds. The zero-order valence-corrected chi connectivity index (χ0v) is 9.24. The molecule has 3 nitrogen and oxygen atoms in total. The van der Waals surface area contributed by atoms with Gasteiger partial charge in [0.2, 0.25) is 6.17 Å². The van der Waals surface area contributed by atoms with E-state index in [1.54, 1.807) is 44.2 Å². The molecule has 1 atom stereocenters. The van der Waals surface area contributed by atoms with Crippen LogP contribution in [0.5, 0.6) is 0 Å². The topological polar surface area (TPSA) is 46.2 Å². The van der Waals surface area contributed by atoms with Crippen molar-refractivity contribution < 1.29 is 14.0 Å². The van der Waals surface area contributed by atoms with Gasteiger partial charge < -0.3 is 5.32 Å². The summed E-state index contributed by atoms with van der Waals surface area (Å²) in [4.78, 5) is 22.6. The molecule has 1 aromatic carbocycles. The first kappa shape index (κ1) is 12.4. The lowest BCUT2D eigenvalue weighted by Gasteiger charge is -2.10. The van der Waals surface area contributed by atoms with Gasteiger partial charge in [0.05, 0.1) is 0 Å². The maximum atomic E-state index is 13.4. The second-order valence-electron chi connectivity index (χ2n) is 3.77. The smallest absolute Gasteiger partial charge is 0.266 e. The van der Waals surface area contributed by atoms with Gasteiger partial charge in [-0.1, -0.05) is 32.0 Å². The second-order valence-corrected chi connectivity index (χ2v) is 3.77. The number of anilines is 1. The quantitative estimate of drug-likeness (QED) is 0.795. The Balaban J connectivity index is 2.63. The summed E-state index contributed by atoms with van der Waals surface area (Å²) in [6, 6.07) is 8.47. The number of amides is 1. The average Bonchev–Trinajstić information content (AvgIpc) is 2.28. The molecule has 0 saturated carbocycles. The molecule has 0 aliphatic heterocycles. The van der Waals surface area contributed by atoms with Crippen molar-refractivity contribution in [2.75, 3.05) is 5.32 Å². The Morgan fingerprint density at radius 2 is 1.75 bits per heavy atom. The Hall–Kier alpha value is -1.71. The first-order valence-corrected chi connectivity index (χ1v) is 5.06. The zero-order chi connectivity index (χ0) is 12.1. The summed E-state index contributed by atoms with van der Waals surface area (Å²) in [5, 5.41) is 2.34. The normalized spacial score (nSPS) is 12.2. The molecule has 0 spiro atoms. The van der Waals surface area contributed by atoms with Crippen LogP contribution in [0, 0.1) is 5.92 Å². The van der Waals surface area contributed by atoms with Gasteiger partial charge in [0.1, 0.15) is 0 Å². The van der Waals surface area contributed by atoms with Crippen LogP contribution < -0.4 is 5.32 Å². The molecule has 0 bridgehead atoms. The van der Waals surface area contributed by atoms with Crippen LogP contribution in [0.25, 0.3) is 0 Å². The SMILES string of the molecule is CC(C)C(=O)C(F)C(=O)Nc1ccccc1. The fourth-order valence-corrected chi connectivity index (χ4v) is 1.15. The van der Waals surface area contributed by atoms with Crippen molar-refractivity contribution >= 4 is 17.4 Å². The van der Waals surface area contributed by atoms with Crippen LogP contribution >= 0.6 is 0 Å². The average molecular weight is 223 g/mol. The van der Waals surface area contributed by atoms with Gasteiger partial charge in [0.25, 0.3) is 5.91 Å². The van der Waals surface area contributed by atoms with Crippen LogP contribution in [0.2, 0.25) is 0 Å². The molecule has 0 saturated heterocycles. The van der Waals surface area contributed by atoms with Crippen LogP contribution in [0.15, 0.2) is 30.3 Å². The summed E-state index contributed by atoms with van der Waals surface area (Å²) in [6.45, 7) is 3.12. The first-order valence-electron chi connectivity index (χ1n) is 5.06. The summed E-state index contributed by atoms with van der Waals surface area (Å²) < 4.78 is 13.4. The van der Waals surface area contributed by atoms with Crippen molar-refractivity contribution in [3.8, 4) is 0 Å². The zero-order valence-electron chi connectivity index (χ0n) is 9.24. The van der Waals surface area contributed by atoms with E-state index in [4.69, 9.17) is 0 Å². The van der Waals surface area contributed by atoms with Crippen molar-refractivity contribution in [2.45, 2.75) is 20.0 Å². The van der Waals surface area contributed by atoms with Crippen LogP contribution in [0.1, 0.15) is 13.8 Å². The third-order valence-corrected chi connectivity index (χ3v) is 2.09. The monoisotopic (exact) mass is 223 g/mol. The molecule has 1 aromatic rings. The van der Waals surface area contributed by atoms with Gasteiger partial charge in [0, 0.05) is 11.6 Å². The molecule has 1 N–H and O–H groups in total. The van der Waals surface area contributed by atoms with Crippen LogP contribution in [0.3, 0.4) is 0 Å². The number of rotatable bonds is 4. The highest BCUT2D eigenvalue weighted by Gasteiger charge is 2.27. The van der Waals surface area contributed by atoms with Crippen LogP contribution in [-0.4, -0.2) is 17.9 Å². The molecular weight excluding hydrogens is 209 g/mol. The number of benzene rings is 1. The maximum absolute atomic E-state index is 13.4. The van der Waals surface area contributed by atoms with E-state index in [0.717, 1.165) is 0 Å². The minimum Gasteiger partial charge on any atom is -0.323 e.